The zero-order valence-electron chi connectivity index (χ0n) is 19.0. The van der Waals surface area contributed by atoms with E-state index in [1.165, 1.54) is 11.3 Å². The molecule has 0 saturated carbocycles. The van der Waals surface area contributed by atoms with Crippen molar-refractivity contribution in [2.24, 2.45) is 0 Å². The summed E-state index contributed by atoms with van der Waals surface area (Å²) in [6.45, 7) is 8.40. The van der Waals surface area contributed by atoms with Gasteiger partial charge in [0, 0.05) is 37.2 Å². The molecule has 2 aromatic rings. The topological polar surface area (TPSA) is 66.5 Å². The summed E-state index contributed by atoms with van der Waals surface area (Å²) in [5.41, 5.74) is 9.92. The fraction of sp³-hybridized carbons (Fsp3) is 0.440. The lowest BCUT2D eigenvalue weighted by Crippen LogP contribution is -2.54. The van der Waals surface area contributed by atoms with Crippen molar-refractivity contribution in [3.05, 3.63) is 65.1 Å². The fourth-order valence-electron chi connectivity index (χ4n) is 4.78. The number of hydrazine groups is 1. The summed E-state index contributed by atoms with van der Waals surface area (Å²) in [6.07, 6.45) is 5.87. The Morgan fingerprint density at radius 2 is 2.13 bits per heavy atom. The van der Waals surface area contributed by atoms with Crippen molar-refractivity contribution in [2.75, 3.05) is 7.11 Å². The Morgan fingerprint density at radius 3 is 2.84 bits per heavy atom. The molecule has 1 amide bonds. The van der Waals surface area contributed by atoms with Gasteiger partial charge in [0.05, 0.1) is 12.0 Å². The SMILES string of the molecule is COC1(C)CC2=CC(NC(=O)Cc3ccc(-c4ccnc(C)c4)c(C)c3)NN2C(C)C1. The number of fused-ring (bicyclic) bond motifs is 1. The summed E-state index contributed by atoms with van der Waals surface area (Å²) in [5, 5.41) is 5.27. The molecule has 3 heterocycles. The first-order valence-corrected chi connectivity index (χ1v) is 10.9. The van der Waals surface area contributed by atoms with Crippen LogP contribution in [-0.4, -0.2) is 40.8 Å². The predicted octanol–water partition coefficient (Wildman–Crippen LogP) is 3.64. The van der Waals surface area contributed by atoms with Crippen molar-refractivity contribution in [3.63, 3.8) is 0 Å². The molecule has 0 radical (unpaired) electrons. The quantitative estimate of drug-likeness (QED) is 0.773. The molecule has 3 unspecified atom stereocenters. The van der Waals surface area contributed by atoms with Crippen molar-refractivity contribution < 1.29 is 9.53 Å². The number of aromatic nitrogens is 1. The average Bonchev–Trinajstić information content (AvgIpc) is 3.10. The van der Waals surface area contributed by atoms with Crippen molar-refractivity contribution in [1.82, 2.24) is 20.7 Å². The lowest BCUT2D eigenvalue weighted by atomic mass is 9.87. The minimum absolute atomic E-state index is 0.00302. The Morgan fingerprint density at radius 1 is 1.32 bits per heavy atom. The number of carbonyl (C=O) groups is 1. The minimum atomic E-state index is -0.190. The molecule has 4 rings (SSSR count). The molecule has 2 aliphatic rings. The Balaban J connectivity index is 1.40. The third-order valence-corrected chi connectivity index (χ3v) is 6.34. The maximum absolute atomic E-state index is 12.7. The van der Waals surface area contributed by atoms with Crippen LogP contribution in [0.3, 0.4) is 0 Å². The first-order chi connectivity index (χ1) is 14.8. The van der Waals surface area contributed by atoms with Crippen LogP contribution >= 0.6 is 0 Å². The first-order valence-electron chi connectivity index (χ1n) is 10.9. The van der Waals surface area contributed by atoms with Gasteiger partial charge in [-0.15, -0.1) is 0 Å². The van der Waals surface area contributed by atoms with Crippen LogP contribution in [-0.2, 0) is 16.0 Å². The zero-order valence-corrected chi connectivity index (χ0v) is 19.0. The van der Waals surface area contributed by atoms with Crippen molar-refractivity contribution in [1.29, 1.82) is 0 Å². The molecule has 2 aliphatic heterocycles. The number of hydrogen-bond acceptors (Lipinski definition) is 5. The van der Waals surface area contributed by atoms with Gasteiger partial charge in [0.15, 0.2) is 0 Å². The molecule has 1 aromatic carbocycles. The lowest BCUT2D eigenvalue weighted by molar-refractivity contribution is -0.121. The summed E-state index contributed by atoms with van der Waals surface area (Å²) in [4.78, 5) is 17.0. The highest BCUT2D eigenvalue weighted by molar-refractivity contribution is 5.79. The van der Waals surface area contributed by atoms with Gasteiger partial charge in [-0.05, 0) is 74.6 Å². The number of piperidine rings is 1. The second kappa shape index (κ2) is 8.44. The molecule has 3 atom stereocenters. The predicted molar refractivity (Wildman–Crippen MR) is 122 cm³/mol. The minimum Gasteiger partial charge on any atom is -0.378 e. The second-order valence-electron chi connectivity index (χ2n) is 9.10. The van der Waals surface area contributed by atoms with Crippen LogP contribution in [0.4, 0.5) is 0 Å². The van der Waals surface area contributed by atoms with E-state index in [0.717, 1.165) is 35.2 Å². The lowest BCUT2D eigenvalue weighted by Gasteiger charge is -2.43. The van der Waals surface area contributed by atoms with Gasteiger partial charge in [0.1, 0.15) is 6.17 Å². The summed E-state index contributed by atoms with van der Waals surface area (Å²) < 4.78 is 5.73. The number of pyridine rings is 1. The van der Waals surface area contributed by atoms with Crippen LogP contribution in [0.2, 0.25) is 0 Å². The van der Waals surface area contributed by atoms with Gasteiger partial charge in [-0.3, -0.25) is 9.78 Å². The van der Waals surface area contributed by atoms with E-state index in [0.29, 0.717) is 12.5 Å². The van der Waals surface area contributed by atoms with E-state index in [4.69, 9.17) is 4.74 Å². The summed E-state index contributed by atoms with van der Waals surface area (Å²) >= 11 is 0. The number of methoxy groups -OCH3 is 1. The van der Waals surface area contributed by atoms with E-state index in [1.807, 2.05) is 25.3 Å². The molecule has 164 valence electrons. The molecule has 0 spiro atoms. The van der Waals surface area contributed by atoms with E-state index >= 15 is 0 Å². The van der Waals surface area contributed by atoms with E-state index in [9.17, 15) is 4.79 Å². The average molecular weight is 421 g/mol. The van der Waals surface area contributed by atoms with Crippen LogP contribution in [0, 0.1) is 13.8 Å². The smallest absolute Gasteiger partial charge is 0.225 e. The molecule has 0 aliphatic carbocycles. The molecule has 6 heteroatoms. The highest BCUT2D eigenvalue weighted by atomic mass is 16.5. The largest absolute Gasteiger partial charge is 0.378 e. The molecule has 1 fully saturated rings. The van der Waals surface area contributed by atoms with E-state index in [1.54, 1.807) is 7.11 Å². The number of ether oxygens (including phenoxy) is 1. The number of benzene rings is 1. The maximum atomic E-state index is 12.7. The number of carbonyl (C=O) groups excluding carboxylic acids is 1. The van der Waals surface area contributed by atoms with Gasteiger partial charge >= 0.3 is 0 Å². The highest BCUT2D eigenvalue weighted by Gasteiger charge is 2.40. The molecule has 31 heavy (non-hydrogen) atoms. The molecule has 1 saturated heterocycles. The number of aryl methyl sites for hydroxylation is 2. The van der Waals surface area contributed by atoms with Crippen LogP contribution in [0.1, 0.15) is 43.5 Å². The number of amides is 1. The number of nitrogens with zero attached hydrogens (tertiary/aromatic N) is 2. The van der Waals surface area contributed by atoms with Crippen LogP contribution in [0.15, 0.2) is 48.3 Å². The summed E-state index contributed by atoms with van der Waals surface area (Å²) in [6, 6.07) is 10.6. The number of nitrogens with one attached hydrogen (secondary N) is 2. The number of rotatable bonds is 5. The van der Waals surface area contributed by atoms with E-state index in [-0.39, 0.29) is 17.7 Å². The summed E-state index contributed by atoms with van der Waals surface area (Å²) in [5.74, 6) is 0.00302. The molecule has 2 N–H and O–H groups in total. The first kappa shape index (κ1) is 21.5. The van der Waals surface area contributed by atoms with Crippen molar-refractivity contribution in [2.45, 2.75) is 64.8 Å². The Kier molecular flexibility index (Phi) is 5.86. The van der Waals surface area contributed by atoms with Gasteiger partial charge in [-0.2, -0.15) is 0 Å². The molecule has 1 aromatic heterocycles. The zero-order chi connectivity index (χ0) is 22.2. The third-order valence-electron chi connectivity index (χ3n) is 6.34. The van der Waals surface area contributed by atoms with Gasteiger partial charge in [-0.25, -0.2) is 5.43 Å². The van der Waals surface area contributed by atoms with Gasteiger partial charge in [-0.1, -0.05) is 18.2 Å². The van der Waals surface area contributed by atoms with E-state index < -0.39 is 0 Å². The Hall–Kier alpha value is -2.70. The van der Waals surface area contributed by atoms with Crippen LogP contribution < -0.4 is 10.7 Å². The Labute approximate surface area is 184 Å². The van der Waals surface area contributed by atoms with Gasteiger partial charge in [0.25, 0.3) is 0 Å². The monoisotopic (exact) mass is 420 g/mol. The second-order valence-corrected chi connectivity index (χ2v) is 9.10. The Bertz CT molecular complexity index is 1020. The number of hydrogen-bond donors (Lipinski definition) is 2. The highest BCUT2D eigenvalue weighted by Crippen LogP contribution is 2.36. The van der Waals surface area contributed by atoms with Gasteiger partial charge in [0.2, 0.25) is 5.91 Å². The summed E-state index contributed by atoms with van der Waals surface area (Å²) in [7, 11) is 1.77. The van der Waals surface area contributed by atoms with Crippen molar-refractivity contribution >= 4 is 5.91 Å². The maximum Gasteiger partial charge on any atom is 0.225 e. The molecule has 0 bridgehead atoms. The molecular weight excluding hydrogens is 388 g/mol. The van der Waals surface area contributed by atoms with Crippen molar-refractivity contribution in [3.8, 4) is 11.1 Å². The molecular formula is C25H32N4O2. The standard InChI is InChI=1S/C25H32N4O2/c1-16-10-19(6-7-22(16)20-8-9-26-17(2)11-20)12-24(30)27-23-13-21-15-25(4,31-5)14-18(3)29(21)28-23/h6-11,13,18,23,28H,12,14-15H2,1-5H3,(H,27,30). The fourth-order valence-corrected chi connectivity index (χ4v) is 4.78. The van der Waals surface area contributed by atoms with Crippen LogP contribution in [0.5, 0.6) is 0 Å². The van der Waals surface area contributed by atoms with Crippen LogP contribution in [0.25, 0.3) is 11.1 Å². The van der Waals surface area contributed by atoms with E-state index in [2.05, 4.69) is 65.8 Å². The normalized spacial score (nSPS) is 25.2. The molecule has 6 nitrogen and oxygen atoms in total. The van der Waals surface area contributed by atoms with Gasteiger partial charge < -0.3 is 15.1 Å². The third kappa shape index (κ3) is 4.65.